The molecule has 0 unspecified atom stereocenters. The molecule has 0 spiro atoms. The largest absolute Gasteiger partial charge is 0.507 e. The molecule has 142 valence electrons. The van der Waals surface area contributed by atoms with Crippen LogP contribution in [-0.2, 0) is 0 Å². The average Bonchev–Trinajstić information content (AvgIpc) is 2.64. The van der Waals surface area contributed by atoms with Crippen LogP contribution in [0.25, 0.3) is 11.1 Å². The van der Waals surface area contributed by atoms with E-state index in [1.165, 1.54) is 13.0 Å². The zero-order valence-electron chi connectivity index (χ0n) is 15.7. The first kappa shape index (κ1) is 19.1. The Morgan fingerprint density at radius 2 is 1.81 bits per heavy atom. The Morgan fingerprint density at radius 3 is 2.41 bits per heavy atom. The molecule has 27 heavy (non-hydrogen) atoms. The first-order valence-electron chi connectivity index (χ1n) is 9.16. The topological polar surface area (TPSA) is 77.8 Å². The minimum absolute atomic E-state index is 0.0481. The molecule has 1 amide bonds. The van der Waals surface area contributed by atoms with E-state index in [9.17, 15) is 19.8 Å². The maximum Gasteiger partial charge on any atom is 0.253 e. The molecule has 5 heteroatoms. The zero-order chi connectivity index (χ0) is 19.6. The predicted molar refractivity (Wildman–Crippen MR) is 104 cm³/mol. The second kappa shape index (κ2) is 7.53. The number of aromatic hydroxyl groups is 1. The number of hydrogen-bond donors (Lipinski definition) is 2. The van der Waals surface area contributed by atoms with Crippen LogP contribution >= 0.6 is 0 Å². The van der Waals surface area contributed by atoms with Gasteiger partial charge in [-0.3, -0.25) is 9.59 Å². The second-order valence-electron chi connectivity index (χ2n) is 7.54. The van der Waals surface area contributed by atoms with Crippen molar-refractivity contribution in [2.75, 3.05) is 20.2 Å². The summed E-state index contributed by atoms with van der Waals surface area (Å²) in [6, 6.07) is 12.1. The molecule has 1 saturated carbocycles. The van der Waals surface area contributed by atoms with E-state index >= 15 is 0 Å². The minimum Gasteiger partial charge on any atom is -0.507 e. The number of carbonyl (C=O) groups excluding carboxylic acids is 2. The molecule has 0 aromatic heterocycles. The first-order valence-corrected chi connectivity index (χ1v) is 9.16. The number of aliphatic hydroxyl groups excluding tert-OH is 1. The molecule has 2 aromatic rings. The van der Waals surface area contributed by atoms with Crippen LogP contribution in [0, 0.1) is 5.41 Å². The molecule has 3 rings (SSSR count). The van der Waals surface area contributed by atoms with Crippen molar-refractivity contribution < 1.29 is 19.8 Å². The normalized spacial score (nSPS) is 15.1. The van der Waals surface area contributed by atoms with Crippen LogP contribution in [0.3, 0.4) is 0 Å². The SMILES string of the molecule is CC(=O)c1cc(-c2cccc(C(=O)N(C)CC3(CO)CCC3)c2)ccc1O. The number of rotatable bonds is 6. The Labute approximate surface area is 159 Å². The van der Waals surface area contributed by atoms with Gasteiger partial charge in [0.1, 0.15) is 5.75 Å². The average molecular weight is 367 g/mol. The van der Waals surface area contributed by atoms with Crippen LogP contribution in [0.2, 0.25) is 0 Å². The van der Waals surface area contributed by atoms with Crippen LogP contribution in [0.1, 0.15) is 46.9 Å². The third-order valence-electron chi connectivity index (χ3n) is 5.49. The van der Waals surface area contributed by atoms with Gasteiger partial charge >= 0.3 is 0 Å². The molecule has 0 aliphatic heterocycles. The molecule has 2 aromatic carbocycles. The van der Waals surface area contributed by atoms with Gasteiger partial charge in [-0.1, -0.05) is 24.6 Å². The number of benzene rings is 2. The van der Waals surface area contributed by atoms with E-state index in [0.717, 1.165) is 30.4 Å². The van der Waals surface area contributed by atoms with E-state index in [-0.39, 0.29) is 35.0 Å². The van der Waals surface area contributed by atoms with E-state index < -0.39 is 0 Å². The Balaban J connectivity index is 1.84. The number of Topliss-reactive ketones (excluding diaryl/α,β-unsaturated/α-hetero) is 1. The summed E-state index contributed by atoms with van der Waals surface area (Å²) < 4.78 is 0. The number of amides is 1. The van der Waals surface area contributed by atoms with Crippen LogP contribution in [0.15, 0.2) is 42.5 Å². The van der Waals surface area contributed by atoms with E-state index in [2.05, 4.69) is 0 Å². The third kappa shape index (κ3) is 3.88. The standard InChI is InChI=1S/C22H25NO4/c1-15(25)19-12-17(7-8-20(19)26)16-5-3-6-18(11-16)21(27)23(2)13-22(14-24)9-4-10-22/h3,5-8,11-12,24,26H,4,9-10,13-14H2,1-2H3. The van der Waals surface area contributed by atoms with E-state index in [1.807, 2.05) is 12.1 Å². The second-order valence-corrected chi connectivity index (χ2v) is 7.54. The highest BCUT2D eigenvalue weighted by atomic mass is 16.3. The Morgan fingerprint density at radius 1 is 1.11 bits per heavy atom. The van der Waals surface area contributed by atoms with Gasteiger partial charge in [-0.2, -0.15) is 0 Å². The van der Waals surface area contributed by atoms with Crippen molar-refractivity contribution in [2.24, 2.45) is 5.41 Å². The van der Waals surface area contributed by atoms with E-state index in [0.29, 0.717) is 12.1 Å². The fourth-order valence-corrected chi connectivity index (χ4v) is 3.67. The summed E-state index contributed by atoms with van der Waals surface area (Å²) in [5.74, 6) is -0.355. The van der Waals surface area contributed by atoms with Crippen LogP contribution in [0.4, 0.5) is 0 Å². The van der Waals surface area contributed by atoms with Gasteiger partial charge in [0.05, 0.1) is 12.2 Å². The number of carbonyl (C=O) groups is 2. The summed E-state index contributed by atoms with van der Waals surface area (Å²) in [6.45, 7) is 2.05. The molecule has 5 nitrogen and oxygen atoms in total. The summed E-state index contributed by atoms with van der Waals surface area (Å²) in [7, 11) is 1.76. The maximum absolute atomic E-state index is 12.8. The van der Waals surface area contributed by atoms with Crippen molar-refractivity contribution >= 4 is 11.7 Å². The van der Waals surface area contributed by atoms with Crippen molar-refractivity contribution in [2.45, 2.75) is 26.2 Å². The summed E-state index contributed by atoms with van der Waals surface area (Å²) in [4.78, 5) is 26.2. The van der Waals surface area contributed by atoms with Gasteiger partial charge in [0.2, 0.25) is 0 Å². The highest BCUT2D eigenvalue weighted by Crippen LogP contribution is 2.41. The van der Waals surface area contributed by atoms with Crippen molar-refractivity contribution in [3.63, 3.8) is 0 Å². The molecule has 1 aliphatic rings. The number of ketones is 1. The summed E-state index contributed by atoms with van der Waals surface area (Å²) >= 11 is 0. The van der Waals surface area contributed by atoms with Crippen LogP contribution in [0.5, 0.6) is 5.75 Å². The van der Waals surface area contributed by atoms with Gasteiger partial charge in [-0.05, 0) is 55.2 Å². The van der Waals surface area contributed by atoms with E-state index in [1.54, 1.807) is 36.2 Å². The Hall–Kier alpha value is -2.66. The van der Waals surface area contributed by atoms with Crippen molar-refractivity contribution in [1.29, 1.82) is 0 Å². The molecule has 0 bridgehead atoms. The lowest BCUT2D eigenvalue weighted by Gasteiger charge is -2.42. The fourth-order valence-electron chi connectivity index (χ4n) is 3.67. The minimum atomic E-state index is -0.212. The molecule has 1 fully saturated rings. The van der Waals surface area contributed by atoms with Gasteiger partial charge in [0, 0.05) is 24.6 Å². The Bertz CT molecular complexity index is 865. The van der Waals surface area contributed by atoms with Crippen LogP contribution in [-0.4, -0.2) is 47.0 Å². The van der Waals surface area contributed by atoms with Crippen molar-refractivity contribution in [1.82, 2.24) is 4.90 Å². The van der Waals surface area contributed by atoms with E-state index in [4.69, 9.17) is 0 Å². The third-order valence-corrected chi connectivity index (χ3v) is 5.49. The molecule has 2 N–H and O–H groups in total. The molecule has 0 atom stereocenters. The van der Waals surface area contributed by atoms with Crippen molar-refractivity contribution in [3.8, 4) is 16.9 Å². The predicted octanol–water partition coefficient (Wildman–Crippen LogP) is 3.50. The summed E-state index contributed by atoms with van der Waals surface area (Å²) in [5, 5.41) is 19.5. The summed E-state index contributed by atoms with van der Waals surface area (Å²) in [5.41, 5.74) is 2.23. The number of phenolic OH excluding ortho intramolecular Hbond substituents is 1. The molecule has 1 aliphatic carbocycles. The lowest BCUT2D eigenvalue weighted by atomic mass is 9.69. The molecular formula is C22H25NO4. The van der Waals surface area contributed by atoms with Crippen LogP contribution < -0.4 is 0 Å². The van der Waals surface area contributed by atoms with Gasteiger partial charge in [-0.15, -0.1) is 0 Å². The highest BCUT2D eigenvalue weighted by molar-refractivity contribution is 5.98. The Kier molecular flexibility index (Phi) is 5.33. The molecule has 0 heterocycles. The number of nitrogens with zero attached hydrogens (tertiary/aromatic N) is 1. The zero-order valence-corrected chi connectivity index (χ0v) is 15.7. The number of hydrogen-bond acceptors (Lipinski definition) is 4. The number of phenols is 1. The summed E-state index contributed by atoms with van der Waals surface area (Å²) in [6.07, 6.45) is 2.99. The lowest BCUT2D eigenvalue weighted by molar-refractivity contribution is 0.0146. The molecular weight excluding hydrogens is 342 g/mol. The van der Waals surface area contributed by atoms with Gasteiger partial charge < -0.3 is 15.1 Å². The quantitative estimate of drug-likeness (QED) is 0.766. The van der Waals surface area contributed by atoms with Crippen molar-refractivity contribution in [3.05, 3.63) is 53.6 Å². The fraction of sp³-hybridized carbons (Fsp3) is 0.364. The molecule has 0 radical (unpaired) electrons. The smallest absolute Gasteiger partial charge is 0.253 e. The lowest BCUT2D eigenvalue weighted by Crippen LogP contribution is -2.45. The number of aliphatic hydroxyl groups is 1. The monoisotopic (exact) mass is 367 g/mol. The van der Waals surface area contributed by atoms with Gasteiger partial charge in [0.15, 0.2) is 5.78 Å². The molecule has 0 saturated heterocycles. The van der Waals surface area contributed by atoms with Gasteiger partial charge in [0.25, 0.3) is 5.91 Å². The van der Waals surface area contributed by atoms with Gasteiger partial charge in [-0.25, -0.2) is 0 Å². The highest BCUT2D eigenvalue weighted by Gasteiger charge is 2.38. The maximum atomic E-state index is 12.8. The first-order chi connectivity index (χ1) is 12.8.